The second-order valence-corrected chi connectivity index (χ2v) is 8.94. The largest absolute Gasteiger partial charge is 0.381 e. The Kier molecular flexibility index (Phi) is 5.11. The van der Waals surface area contributed by atoms with Gasteiger partial charge in [-0.15, -0.1) is 11.3 Å². The molecule has 0 spiro atoms. The summed E-state index contributed by atoms with van der Waals surface area (Å²) in [6, 6.07) is 16.2. The van der Waals surface area contributed by atoms with Crippen LogP contribution in [0, 0.1) is 0 Å². The lowest BCUT2D eigenvalue weighted by Gasteiger charge is -2.10. The number of nitrogens with zero attached hydrogens (tertiary/aromatic N) is 1. The number of aromatic nitrogens is 1. The molecule has 0 aliphatic carbocycles. The summed E-state index contributed by atoms with van der Waals surface area (Å²) in [4.78, 5) is 29.7. The fourth-order valence-corrected chi connectivity index (χ4v) is 5.09. The van der Waals surface area contributed by atoms with Crippen molar-refractivity contribution in [2.45, 2.75) is 19.5 Å². The van der Waals surface area contributed by atoms with Crippen molar-refractivity contribution < 1.29 is 9.59 Å². The Morgan fingerprint density at radius 1 is 1.28 bits per heavy atom. The monoisotopic (exact) mass is 442 g/mol. The van der Waals surface area contributed by atoms with Crippen molar-refractivity contribution in [2.24, 2.45) is 0 Å². The van der Waals surface area contributed by atoms with Crippen molar-refractivity contribution in [1.29, 1.82) is 0 Å². The van der Waals surface area contributed by atoms with E-state index in [2.05, 4.69) is 28.6 Å². The van der Waals surface area contributed by atoms with Gasteiger partial charge in [0.25, 0.3) is 5.91 Å². The van der Waals surface area contributed by atoms with E-state index in [0.29, 0.717) is 13.1 Å². The molecule has 0 fully saturated rings. The topological polar surface area (TPSA) is 83.1 Å². The Morgan fingerprint density at radius 3 is 3.00 bits per heavy atom. The molecule has 2 aromatic heterocycles. The normalized spacial score (nSPS) is 15.5. The summed E-state index contributed by atoms with van der Waals surface area (Å²) < 4.78 is 1.06. The first-order valence-electron chi connectivity index (χ1n) is 10.4. The van der Waals surface area contributed by atoms with E-state index < -0.39 is 0 Å². The highest BCUT2D eigenvalue weighted by Gasteiger charge is 2.24. The SMILES string of the molecule is C=CC(=O)NCc1cccc(-c2ccc3c(ccc4sc5c(c43)NC[C@@H](C)NC5=O)n2)c1. The molecular formula is C25H22N4O2S. The molecule has 1 atom stereocenters. The fraction of sp³-hybridized carbons (Fsp3) is 0.160. The van der Waals surface area contributed by atoms with E-state index in [9.17, 15) is 9.59 Å². The van der Waals surface area contributed by atoms with Gasteiger partial charge in [-0.1, -0.05) is 24.8 Å². The minimum atomic E-state index is -0.199. The number of rotatable bonds is 4. The molecule has 6 nitrogen and oxygen atoms in total. The first-order valence-corrected chi connectivity index (χ1v) is 11.3. The van der Waals surface area contributed by atoms with Crippen molar-refractivity contribution >= 4 is 49.8 Å². The van der Waals surface area contributed by atoms with Gasteiger partial charge in [-0.2, -0.15) is 0 Å². The number of carbonyl (C=O) groups excluding carboxylic acids is 2. The standard InChI is InChI=1S/C25H22N4O2S/c1-3-21(30)26-13-15-5-4-6-16(11-15)18-8-7-17-19(29-18)9-10-20-22(17)23-24(32-20)25(31)28-14(2)12-27-23/h3-11,14,27H,1,12-13H2,2H3,(H,26,30)(H,28,31)/t14-/m1/s1. The van der Waals surface area contributed by atoms with Crippen LogP contribution in [0.5, 0.6) is 0 Å². The summed E-state index contributed by atoms with van der Waals surface area (Å²) in [5, 5.41) is 11.4. The van der Waals surface area contributed by atoms with Crippen molar-refractivity contribution in [3.8, 4) is 11.3 Å². The smallest absolute Gasteiger partial charge is 0.263 e. The molecule has 5 rings (SSSR count). The number of carbonyl (C=O) groups is 2. The third-order valence-electron chi connectivity index (χ3n) is 5.57. The predicted molar refractivity (Wildman–Crippen MR) is 130 cm³/mol. The Balaban J connectivity index is 1.56. The maximum absolute atomic E-state index is 12.6. The molecule has 160 valence electrons. The van der Waals surface area contributed by atoms with Crippen LogP contribution in [-0.4, -0.2) is 29.4 Å². The third-order valence-corrected chi connectivity index (χ3v) is 6.72. The summed E-state index contributed by atoms with van der Waals surface area (Å²) in [6.45, 7) is 6.58. The molecule has 7 heteroatoms. The lowest BCUT2D eigenvalue weighted by molar-refractivity contribution is -0.116. The Hall–Kier alpha value is -3.71. The molecule has 0 saturated heterocycles. The van der Waals surface area contributed by atoms with Crippen LogP contribution in [0.4, 0.5) is 5.69 Å². The number of anilines is 1. The van der Waals surface area contributed by atoms with E-state index in [1.54, 1.807) is 0 Å². The maximum atomic E-state index is 12.6. The van der Waals surface area contributed by atoms with E-state index in [1.807, 2.05) is 49.4 Å². The molecule has 0 radical (unpaired) electrons. The number of fused-ring (bicyclic) bond motifs is 5. The average molecular weight is 443 g/mol. The molecule has 3 heterocycles. The van der Waals surface area contributed by atoms with Crippen LogP contribution in [0.2, 0.25) is 0 Å². The fourth-order valence-electron chi connectivity index (χ4n) is 3.99. The van der Waals surface area contributed by atoms with Crippen LogP contribution in [0.3, 0.4) is 0 Å². The van der Waals surface area contributed by atoms with Crippen LogP contribution in [0.25, 0.3) is 32.2 Å². The minimum Gasteiger partial charge on any atom is -0.381 e. The Bertz CT molecular complexity index is 1390. The lowest BCUT2D eigenvalue weighted by atomic mass is 10.0. The Labute approximate surface area is 189 Å². The third kappa shape index (κ3) is 3.61. The van der Waals surface area contributed by atoms with Crippen molar-refractivity contribution in [2.75, 3.05) is 11.9 Å². The molecule has 4 aromatic rings. The number of thiophene rings is 1. The van der Waals surface area contributed by atoms with Gasteiger partial charge in [0.15, 0.2) is 0 Å². The van der Waals surface area contributed by atoms with Gasteiger partial charge < -0.3 is 16.0 Å². The molecule has 2 aromatic carbocycles. The average Bonchev–Trinajstić information content (AvgIpc) is 3.13. The van der Waals surface area contributed by atoms with Crippen molar-refractivity contribution in [3.05, 3.63) is 71.6 Å². The molecule has 0 saturated carbocycles. The number of pyridine rings is 1. The van der Waals surface area contributed by atoms with E-state index in [-0.39, 0.29) is 17.9 Å². The quantitative estimate of drug-likeness (QED) is 0.408. The molecule has 3 N–H and O–H groups in total. The van der Waals surface area contributed by atoms with Crippen molar-refractivity contribution in [3.63, 3.8) is 0 Å². The molecule has 1 aliphatic rings. The number of amides is 2. The second-order valence-electron chi connectivity index (χ2n) is 7.89. The minimum absolute atomic E-state index is 0.0308. The van der Waals surface area contributed by atoms with Crippen LogP contribution in [-0.2, 0) is 11.3 Å². The van der Waals surface area contributed by atoms with Gasteiger partial charge in [0.05, 0.1) is 16.9 Å². The second kappa shape index (κ2) is 8.09. The number of nitrogens with one attached hydrogen (secondary N) is 3. The molecule has 32 heavy (non-hydrogen) atoms. The first-order chi connectivity index (χ1) is 15.5. The Morgan fingerprint density at radius 2 is 2.16 bits per heavy atom. The maximum Gasteiger partial charge on any atom is 0.263 e. The van der Waals surface area contributed by atoms with Gasteiger partial charge in [0, 0.05) is 40.2 Å². The summed E-state index contributed by atoms with van der Waals surface area (Å²) >= 11 is 1.51. The zero-order valence-corrected chi connectivity index (χ0v) is 18.4. The highest BCUT2D eigenvalue weighted by atomic mass is 32.1. The van der Waals surface area contributed by atoms with E-state index in [0.717, 1.165) is 48.4 Å². The molecule has 0 bridgehead atoms. The van der Waals surface area contributed by atoms with Crippen molar-refractivity contribution in [1.82, 2.24) is 15.6 Å². The van der Waals surface area contributed by atoms with Crippen LogP contribution >= 0.6 is 11.3 Å². The molecule has 0 unspecified atom stereocenters. The van der Waals surface area contributed by atoms with Gasteiger partial charge in [-0.05, 0) is 48.9 Å². The zero-order chi connectivity index (χ0) is 22.2. The van der Waals surface area contributed by atoms with E-state index in [1.165, 1.54) is 17.4 Å². The highest BCUT2D eigenvalue weighted by molar-refractivity contribution is 7.21. The van der Waals surface area contributed by atoms with Gasteiger partial charge in [-0.3, -0.25) is 9.59 Å². The number of hydrogen-bond acceptors (Lipinski definition) is 5. The first kappa shape index (κ1) is 20.2. The molecular weight excluding hydrogens is 420 g/mol. The number of benzene rings is 2. The summed E-state index contributed by atoms with van der Waals surface area (Å²) in [7, 11) is 0. The number of hydrogen-bond donors (Lipinski definition) is 3. The van der Waals surface area contributed by atoms with E-state index in [4.69, 9.17) is 4.98 Å². The van der Waals surface area contributed by atoms with Crippen LogP contribution < -0.4 is 16.0 Å². The highest BCUT2D eigenvalue weighted by Crippen LogP contribution is 2.41. The molecule has 1 aliphatic heterocycles. The zero-order valence-electron chi connectivity index (χ0n) is 17.6. The van der Waals surface area contributed by atoms with Gasteiger partial charge in [0.2, 0.25) is 5.91 Å². The lowest BCUT2D eigenvalue weighted by Crippen LogP contribution is -2.34. The van der Waals surface area contributed by atoms with Crippen LogP contribution in [0.1, 0.15) is 22.2 Å². The summed E-state index contributed by atoms with van der Waals surface area (Å²) in [6.07, 6.45) is 1.26. The van der Waals surface area contributed by atoms with E-state index >= 15 is 0 Å². The summed E-state index contributed by atoms with van der Waals surface area (Å²) in [5.74, 6) is -0.230. The summed E-state index contributed by atoms with van der Waals surface area (Å²) in [5.41, 5.74) is 4.59. The van der Waals surface area contributed by atoms with Gasteiger partial charge in [-0.25, -0.2) is 4.98 Å². The van der Waals surface area contributed by atoms with Crippen LogP contribution in [0.15, 0.2) is 61.2 Å². The van der Waals surface area contributed by atoms with Gasteiger partial charge in [0.1, 0.15) is 4.88 Å². The van der Waals surface area contributed by atoms with Gasteiger partial charge >= 0.3 is 0 Å². The molecule has 2 amide bonds. The predicted octanol–water partition coefficient (Wildman–Crippen LogP) is 4.46.